The highest BCUT2D eigenvalue weighted by atomic mass is 16.5. The lowest BCUT2D eigenvalue weighted by Gasteiger charge is -2.12. The molecule has 3 rings (SSSR count). The molecule has 0 spiro atoms. The minimum absolute atomic E-state index is 0.257. The predicted molar refractivity (Wildman–Crippen MR) is 112 cm³/mol. The van der Waals surface area contributed by atoms with Crippen LogP contribution < -0.4 is 20.1 Å². The van der Waals surface area contributed by atoms with Gasteiger partial charge in [-0.2, -0.15) is 0 Å². The third-order valence-corrected chi connectivity index (χ3v) is 4.26. The van der Waals surface area contributed by atoms with Gasteiger partial charge in [0, 0.05) is 24.0 Å². The number of amides is 1. The molecule has 7 heteroatoms. The molecule has 0 saturated heterocycles. The Morgan fingerprint density at radius 2 is 1.76 bits per heavy atom. The van der Waals surface area contributed by atoms with Crippen LogP contribution in [0.2, 0.25) is 0 Å². The molecule has 3 aromatic rings. The average molecular weight is 392 g/mol. The van der Waals surface area contributed by atoms with Crippen molar-refractivity contribution in [1.82, 2.24) is 15.3 Å². The average Bonchev–Trinajstić information content (AvgIpc) is 2.71. The standard InChI is InChI=1S/C22H24N4O3/c1-14-6-5-7-16(10-14)13-23-21(27)18-11-15(2)24-22(26-18)25-17-8-9-19(28-3)20(12-17)29-4/h5-12H,13H2,1-4H3,(H,23,27)(H,24,25,26). The molecule has 0 aliphatic rings. The summed E-state index contributed by atoms with van der Waals surface area (Å²) in [4.78, 5) is 21.3. The third kappa shape index (κ3) is 5.22. The fraction of sp³-hybridized carbons (Fsp3) is 0.227. The van der Waals surface area contributed by atoms with Crippen LogP contribution in [0.15, 0.2) is 48.5 Å². The molecule has 0 atom stereocenters. The number of benzene rings is 2. The van der Waals surface area contributed by atoms with Gasteiger partial charge in [-0.3, -0.25) is 4.79 Å². The van der Waals surface area contributed by atoms with Gasteiger partial charge in [-0.25, -0.2) is 9.97 Å². The van der Waals surface area contributed by atoms with Crippen molar-refractivity contribution in [1.29, 1.82) is 0 Å². The minimum atomic E-state index is -0.257. The van der Waals surface area contributed by atoms with Gasteiger partial charge in [0.15, 0.2) is 11.5 Å². The maximum atomic E-state index is 12.6. The van der Waals surface area contributed by atoms with Gasteiger partial charge < -0.3 is 20.1 Å². The smallest absolute Gasteiger partial charge is 0.270 e. The topological polar surface area (TPSA) is 85.4 Å². The molecule has 0 aliphatic heterocycles. The zero-order valence-corrected chi connectivity index (χ0v) is 16.9. The van der Waals surface area contributed by atoms with E-state index in [4.69, 9.17) is 9.47 Å². The van der Waals surface area contributed by atoms with Crippen LogP contribution in [0.5, 0.6) is 11.5 Å². The number of carbonyl (C=O) groups excluding carboxylic acids is 1. The Labute approximate surface area is 170 Å². The molecule has 7 nitrogen and oxygen atoms in total. The number of aromatic nitrogens is 2. The lowest BCUT2D eigenvalue weighted by molar-refractivity contribution is 0.0945. The second kappa shape index (κ2) is 9.05. The van der Waals surface area contributed by atoms with Gasteiger partial charge in [-0.1, -0.05) is 29.8 Å². The van der Waals surface area contributed by atoms with Gasteiger partial charge in [-0.15, -0.1) is 0 Å². The highest BCUT2D eigenvalue weighted by Crippen LogP contribution is 2.30. The van der Waals surface area contributed by atoms with Crippen molar-refractivity contribution < 1.29 is 14.3 Å². The maximum Gasteiger partial charge on any atom is 0.270 e. The van der Waals surface area contributed by atoms with E-state index >= 15 is 0 Å². The number of aryl methyl sites for hydroxylation is 2. The largest absolute Gasteiger partial charge is 0.493 e. The normalized spacial score (nSPS) is 10.3. The van der Waals surface area contributed by atoms with Crippen LogP contribution >= 0.6 is 0 Å². The number of carbonyl (C=O) groups is 1. The van der Waals surface area contributed by atoms with Crippen LogP contribution in [0.4, 0.5) is 11.6 Å². The molecule has 0 unspecified atom stereocenters. The third-order valence-electron chi connectivity index (χ3n) is 4.26. The van der Waals surface area contributed by atoms with E-state index in [0.29, 0.717) is 35.4 Å². The van der Waals surface area contributed by atoms with E-state index in [1.807, 2.05) is 44.2 Å². The summed E-state index contributed by atoms with van der Waals surface area (Å²) < 4.78 is 10.6. The number of hydrogen-bond acceptors (Lipinski definition) is 6. The molecule has 1 amide bonds. The Balaban J connectivity index is 1.74. The first kappa shape index (κ1) is 20.1. The first-order valence-corrected chi connectivity index (χ1v) is 9.17. The van der Waals surface area contributed by atoms with E-state index < -0.39 is 0 Å². The summed E-state index contributed by atoms with van der Waals surface area (Å²) >= 11 is 0. The first-order valence-electron chi connectivity index (χ1n) is 9.17. The summed E-state index contributed by atoms with van der Waals surface area (Å²) in [6.07, 6.45) is 0. The summed E-state index contributed by atoms with van der Waals surface area (Å²) in [5.74, 6) is 1.28. The molecule has 29 heavy (non-hydrogen) atoms. The minimum Gasteiger partial charge on any atom is -0.493 e. The van der Waals surface area contributed by atoms with Crippen LogP contribution in [-0.4, -0.2) is 30.1 Å². The second-order valence-electron chi connectivity index (χ2n) is 6.58. The Kier molecular flexibility index (Phi) is 6.29. The zero-order valence-electron chi connectivity index (χ0n) is 16.9. The first-order chi connectivity index (χ1) is 14.0. The van der Waals surface area contributed by atoms with Crippen LogP contribution in [0.3, 0.4) is 0 Å². The molecule has 150 valence electrons. The zero-order chi connectivity index (χ0) is 20.8. The van der Waals surface area contributed by atoms with Crippen molar-refractivity contribution in [3.63, 3.8) is 0 Å². The monoisotopic (exact) mass is 392 g/mol. The van der Waals surface area contributed by atoms with E-state index in [0.717, 1.165) is 16.8 Å². The summed E-state index contributed by atoms with van der Waals surface area (Å²) in [6, 6.07) is 15.0. The molecule has 0 fully saturated rings. The lowest BCUT2D eigenvalue weighted by Crippen LogP contribution is -2.24. The van der Waals surface area contributed by atoms with E-state index in [1.54, 1.807) is 32.4 Å². The molecule has 0 aliphatic carbocycles. The Morgan fingerprint density at radius 3 is 2.48 bits per heavy atom. The van der Waals surface area contributed by atoms with Crippen molar-refractivity contribution in [3.05, 3.63) is 71.0 Å². The lowest BCUT2D eigenvalue weighted by atomic mass is 10.1. The SMILES string of the molecule is COc1ccc(Nc2nc(C)cc(C(=O)NCc3cccc(C)c3)n2)cc1OC. The summed E-state index contributed by atoms with van der Waals surface area (Å²) in [7, 11) is 3.15. The van der Waals surface area contributed by atoms with Gasteiger partial charge in [0.05, 0.1) is 14.2 Å². The van der Waals surface area contributed by atoms with Gasteiger partial charge in [0.2, 0.25) is 5.95 Å². The number of nitrogens with one attached hydrogen (secondary N) is 2. The molecule has 0 saturated carbocycles. The highest BCUT2D eigenvalue weighted by Gasteiger charge is 2.12. The molecule has 0 radical (unpaired) electrons. The molecule has 0 bridgehead atoms. The van der Waals surface area contributed by atoms with Crippen LogP contribution in [-0.2, 0) is 6.54 Å². The molecule has 1 aromatic heterocycles. The summed E-state index contributed by atoms with van der Waals surface area (Å²) in [5, 5.41) is 6.01. The van der Waals surface area contributed by atoms with E-state index in [1.165, 1.54) is 0 Å². The summed E-state index contributed by atoms with van der Waals surface area (Å²) in [5.41, 5.74) is 3.89. The molecule has 1 heterocycles. The molecular weight excluding hydrogens is 368 g/mol. The van der Waals surface area contributed by atoms with Gasteiger partial charge in [-0.05, 0) is 37.6 Å². The van der Waals surface area contributed by atoms with Gasteiger partial charge in [0.25, 0.3) is 5.91 Å². The Hall–Kier alpha value is -3.61. The predicted octanol–water partition coefficient (Wildman–Crippen LogP) is 3.78. The van der Waals surface area contributed by atoms with Crippen molar-refractivity contribution in [2.24, 2.45) is 0 Å². The molecule has 2 aromatic carbocycles. The van der Waals surface area contributed by atoms with E-state index in [9.17, 15) is 4.79 Å². The van der Waals surface area contributed by atoms with Crippen molar-refractivity contribution in [2.45, 2.75) is 20.4 Å². The number of hydrogen-bond donors (Lipinski definition) is 2. The highest BCUT2D eigenvalue weighted by molar-refractivity contribution is 5.92. The van der Waals surface area contributed by atoms with Crippen LogP contribution in [0.1, 0.15) is 27.3 Å². The summed E-state index contributed by atoms with van der Waals surface area (Å²) in [6.45, 7) is 4.27. The molecule has 2 N–H and O–H groups in total. The van der Waals surface area contributed by atoms with Crippen LogP contribution in [0.25, 0.3) is 0 Å². The van der Waals surface area contributed by atoms with Gasteiger partial charge in [0.1, 0.15) is 5.69 Å². The number of nitrogens with zero attached hydrogens (tertiary/aromatic N) is 2. The number of anilines is 2. The van der Waals surface area contributed by atoms with Crippen molar-refractivity contribution in [2.75, 3.05) is 19.5 Å². The number of ether oxygens (including phenoxy) is 2. The molecular formula is C22H24N4O3. The quantitative estimate of drug-likeness (QED) is 0.636. The number of rotatable bonds is 7. The number of methoxy groups -OCH3 is 2. The maximum absolute atomic E-state index is 12.6. The van der Waals surface area contributed by atoms with E-state index in [-0.39, 0.29) is 5.91 Å². The van der Waals surface area contributed by atoms with Crippen LogP contribution in [0, 0.1) is 13.8 Å². The van der Waals surface area contributed by atoms with Crippen molar-refractivity contribution >= 4 is 17.5 Å². The van der Waals surface area contributed by atoms with E-state index in [2.05, 4.69) is 20.6 Å². The fourth-order valence-corrected chi connectivity index (χ4v) is 2.88. The fourth-order valence-electron chi connectivity index (χ4n) is 2.88. The second-order valence-corrected chi connectivity index (χ2v) is 6.58. The van der Waals surface area contributed by atoms with Gasteiger partial charge >= 0.3 is 0 Å². The Bertz CT molecular complexity index is 1020. The Morgan fingerprint density at radius 1 is 0.966 bits per heavy atom. The van der Waals surface area contributed by atoms with Crippen molar-refractivity contribution in [3.8, 4) is 11.5 Å².